The molecule has 0 aliphatic rings. The third-order valence-corrected chi connectivity index (χ3v) is 5.60. The van der Waals surface area contributed by atoms with Gasteiger partial charge in [0.1, 0.15) is 23.9 Å². The summed E-state index contributed by atoms with van der Waals surface area (Å²) in [5.41, 5.74) is 0.247. The van der Waals surface area contributed by atoms with Gasteiger partial charge in [0, 0.05) is 18.3 Å². The second-order valence-electron chi connectivity index (χ2n) is 7.77. The van der Waals surface area contributed by atoms with Crippen molar-refractivity contribution in [1.82, 2.24) is 18.9 Å². The van der Waals surface area contributed by atoms with Crippen LogP contribution in [-0.2, 0) is 13.2 Å². The Labute approximate surface area is 187 Å². The van der Waals surface area contributed by atoms with Crippen LogP contribution in [0.2, 0.25) is 0 Å². The number of hydrogen-bond donors (Lipinski definition) is 1. The standard InChI is InChI=1S/C24H22F2N4O3/c1-5-28-21(12-31)27-30(24(28)33)20-10-15-16(9-19(20)26)23(32)29(11-17(15)13(2)3)22-14(4)7-6-8-18(22)25/h6-11,31H,2,5,12H2,1,3-4H3. The van der Waals surface area contributed by atoms with Gasteiger partial charge in [-0.1, -0.05) is 18.7 Å². The van der Waals surface area contributed by atoms with Crippen LogP contribution < -0.4 is 11.2 Å². The lowest BCUT2D eigenvalue weighted by atomic mass is 10.0. The van der Waals surface area contributed by atoms with E-state index in [0.717, 1.165) is 15.3 Å². The zero-order valence-electron chi connectivity index (χ0n) is 18.4. The van der Waals surface area contributed by atoms with Crippen molar-refractivity contribution in [3.05, 3.63) is 92.5 Å². The Morgan fingerprint density at radius 2 is 1.88 bits per heavy atom. The number of aromatic nitrogens is 4. The summed E-state index contributed by atoms with van der Waals surface area (Å²) in [6, 6.07) is 6.83. The molecule has 0 bridgehead atoms. The van der Waals surface area contributed by atoms with Gasteiger partial charge in [-0.2, -0.15) is 4.68 Å². The lowest BCUT2D eigenvalue weighted by molar-refractivity contribution is 0.264. The van der Waals surface area contributed by atoms with Crippen molar-refractivity contribution < 1.29 is 13.9 Å². The third kappa shape index (κ3) is 3.50. The molecule has 7 nitrogen and oxygen atoms in total. The number of halogens is 2. The van der Waals surface area contributed by atoms with Gasteiger partial charge in [-0.25, -0.2) is 13.6 Å². The van der Waals surface area contributed by atoms with Crippen LogP contribution in [0.1, 0.15) is 30.8 Å². The van der Waals surface area contributed by atoms with Crippen molar-refractivity contribution in [2.75, 3.05) is 0 Å². The number of hydrogen-bond acceptors (Lipinski definition) is 4. The summed E-state index contributed by atoms with van der Waals surface area (Å²) in [4.78, 5) is 26.0. The minimum absolute atomic E-state index is 0.00441. The van der Waals surface area contributed by atoms with Crippen molar-refractivity contribution in [3.8, 4) is 11.4 Å². The van der Waals surface area contributed by atoms with Crippen molar-refractivity contribution in [1.29, 1.82) is 0 Å². The second kappa shape index (κ2) is 8.25. The lowest BCUT2D eigenvalue weighted by Gasteiger charge is -2.16. The molecule has 0 atom stereocenters. The van der Waals surface area contributed by atoms with Crippen molar-refractivity contribution in [2.45, 2.75) is 33.9 Å². The molecule has 33 heavy (non-hydrogen) atoms. The number of para-hydroxylation sites is 1. The van der Waals surface area contributed by atoms with Crippen LogP contribution in [-0.4, -0.2) is 24.0 Å². The maximum atomic E-state index is 15.2. The van der Waals surface area contributed by atoms with E-state index in [-0.39, 0.29) is 29.1 Å². The highest BCUT2D eigenvalue weighted by atomic mass is 19.1. The molecular weight excluding hydrogens is 430 g/mol. The number of aliphatic hydroxyl groups is 1. The lowest BCUT2D eigenvalue weighted by Crippen LogP contribution is -2.25. The molecule has 0 spiro atoms. The molecule has 2 heterocycles. The molecule has 0 saturated heterocycles. The zero-order valence-corrected chi connectivity index (χ0v) is 18.4. The first kappa shape index (κ1) is 22.3. The Morgan fingerprint density at radius 1 is 1.15 bits per heavy atom. The first-order valence-electron chi connectivity index (χ1n) is 10.3. The van der Waals surface area contributed by atoms with Gasteiger partial charge < -0.3 is 5.11 Å². The zero-order chi connectivity index (χ0) is 24.0. The molecule has 0 amide bonds. The van der Waals surface area contributed by atoms with E-state index in [4.69, 9.17) is 0 Å². The highest BCUT2D eigenvalue weighted by Crippen LogP contribution is 2.28. The number of aryl methyl sites for hydroxylation is 1. The number of rotatable bonds is 5. The Morgan fingerprint density at radius 3 is 2.45 bits per heavy atom. The maximum absolute atomic E-state index is 15.2. The first-order valence-corrected chi connectivity index (χ1v) is 10.3. The van der Waals surface area contributed by atoms with E-state index in [9.17, 15) is 19.1 Å². The average molecular weight is 452 g/mol. The summed E-state index contributed by atoms with van der Waals surface area (Å²) < 4.78 is 33.1. The predicted molar refractivity (Wildman–Crippen MR) is 122 cm³/mol. The van der Waals surface area contributed by atoms with Crippen LogP contribution >= 0.6 is 0 Å². The fraction of sp³-hybridized carbons (Fsp3) is 0.208. The molecule has 2 aromatic carbocycles. The van der Waals surface area contributed by atoms with Gasteiger partial charge in [0.15, 0.2) is 5.82 Å². The van der Waals surface area contributed by atoms with Crippen molar-refractivity contribution in [3.63, 3.8) is 0 Å². The molecular formula is C24H22F2N4O3. The summed E-state index contributed by atoms with van der Waals surface area (Å²) in [6.45, 7) is 8.79. The molecule has 0 radical (unpaired) electrons. The number of nitrogens with zero attached hydrogens (tertiary/aromatic N) is 4. The van der Waals surface area contributed by atoms with Crippen LogP contribution in [0.3, 0.4) is 0 Å². The van der Waals surface area contributed by atoms with Crippen LogP contribution in [0, 0.1) is 18.6 Å². The number of aliphatic hydroxyl groups excluding tert-OH is 1. The van der Waals surface area contributed by atoms with Gasteiger partial charge in [-0.3, -0.25) is 13.9 Å². The van der Waals surface area contributed by atoms with Crippen molar-refractivity contribution in [2.24, 2.45) is 0 Å². The van der Waals surface area contributed by atoms with E-state index in [2.05, 4.69) is 11.7 Å². The maximum Gasteiger partial charge on any atom is 0.350 e. The molecule has 1 N–H and O–H groups in total. The smallest absolute Gasteiger partial charge is 0.350 e. The molecule has 0 unspecified atom stereocenters. The molecule has 9 heteroatoms. The molecule has 4 rings (SSSR count). The van der Waals surface area contributed by atoms with E-state index in [1.165, 1.54) is 22.9 Å². The molecule has 170 valence electrons. The minimum atomic E-state index is -0.859. The van der Waals surface area contributed by atoms with E-state index in [0.29, 0.717) is 22.1 Å². The van der Waals surface area contributed by atoms with Gasteiger partial charge in [0.05, 0.1) is 11.1 Å². The molecule has 0 aliphatic carbocycles. The van der Waals surface area contributed by atoms with E-state index in [1.807, 2.05) is 0 Å². The van der Waals surface area contributed by atoms with Crippen molar-refractivity contribution >= 4 is 16.3 Å². The highest BCUT2D eigenvalue weighted by molar-refractivity contribution is 5.94. The number of benzene rings is 2. The minimum Gasteiger partial charge on any atom is -0.388 e. The van der Waals surface area contributed by atoms with E-state index >= 15 is 4.39 Å². The Balaban J connectivity index is 2.09. The van der Waals surface area contributed by atoms with E-state index in [1.54, 1.807) is 32.9 Å². The fourth-order valence-corrected chi connectivity index (χ4v) is 3.97. The topological polar surface area (TPSA) is 82.0 Å². The summed E-state index contributed by atoms with van der Waals surface area (Å²) in [6.07, 6.45) is 1.46. The fourth-order valence-electron chi connectivity index (χ4n) is 3.97. The summed E-state index contributed by atoms with van der Waals surface area (Å²) >= 11 is 0. The van der Waals surface area contributed by atoms with E-state index < -0.39 is 29.5 Å². The highest BCUT2D eigenvalue weighted by Gasteiger charge is 2.20. The number of pyridine rings is 1. The normalized spacial score (nSPS) is 11.3. The molecule has 0 aliphatic heterocycles. The third-order valence-electron chi connectivity index (χ3n) is 5.60. The van der Waals surface area contributed by atoms with Gasteiger partial charge in [-0.15, -0.1) is 5.10 Å². The first-order chi connectivity index (χ1) is 15.7. The number of allylic oxidation sites excluding steroid dienone is 1. The summed E-state index contributed by atoms with van der Waals surface area (Å²) in [5, 5.41) is 13.9. The summed E-state index contributed by atoms with van der Waals surface area (Å²) in [7, 11) is 0. The molecule has 0 saturated carbocycles. The van der Waals surface area contributed by atoms with Gasteiger partial charge in [0.25, 0.3) is 5.56 Å². The van der Waals surface area contributed by atoms with Gasteiger partial charge in [0.2, 0.25) is 0 Å². The SMILES string of the molecule is C=C(C)c1cn(-c2c(C)cccc2F)c(=O)c2cc(F)c(-n3nc(CO)n(CC)c3=O)cc12. The average Bonchev–Trinajstić information content (AvgIpc) is 3.10. The Hall–Kier alpha value is -3.85. The quantitative estimate of drug-likeness (QED) is 0.503. The van der Waals surface area contributed by atoms with Gasteiger partial charge in [-0.05, 0) is 55.5 Å². The Bertz CT molecular complexity index is 1530. The summed E-state index contributed by atoms with van der Waals surface area (Å²) in [5.74, 6) is -1.36. The van der Waals surface area contributed by atoms with Crippen LogP contribution in [0.15, 0.2) is 52.7 Å². The van der Waals surface area contributed by atoms with Gasteiger partial charge >= 0.3 is 5.69 Å². The molecule has 4 aromatic rings. The van der Waals surface area contributed by atoms with Crippen LogP contribution in [0.25, 0.3) is 27.7 Å². The predicted octanol–water partition coefficient (Wildman–Crippen LogP) is 3.47. The molecule has 2 aromatic heterocycles. The monoisotopic (exact) mass is 452 g/mol. The largest absolute Gasteiger partial charge is 0.388 e. The second-order valence-corrected chi connectivity index (χ2v) is 7.77. The van der Waals surface area contributed by atoms with Crippen LogP contribution in [0.5, 0.6) is 0 Å². The number of fused-ring (bicyclic) bond motifs is 1. The van der Waals surface area contributed by atoms with Crippen LogP contribution in [0.4, 0.5) is 8.78 Å². The Kier molecular flexibility index (Phi) is 5.59. The molecule has 0 fully saturated rings.